The number of rotatable bonds is 4. The molecule has 3 aromatic rings. The van der Waals surface area contributed by atoms with Crippen molar-refractivity contribution in [2.45, 2.75) is 103 Å². The normalized spacial score (nSPS) is 20.6. The number of likely N-dealkylation sites (tertiary alicyclic amines) is 1. The van der Waals surface area contributed by atoms with Gasteiger partial charge in [-0.15, -0.1) is 0 Å². The molecular weight excluding hydrogens is 655 g/mol. The number of aryl methyl sites for hydroxylation is 2. The standard InChI is InChI=1S/C38H49N5O6S/c1-24(2)18-28-23-48-32-20-31(33-25(3)10-8-11-26(33)4)39-35(40-32)41-50(46,47)30-13-9-12-27(19-30)34(44)43(28)29-21-38(22-29)14-16-42(17-15-38)36(45)49-37(5,6)7/h8-13,19-20,24,28-29H,14-18,21-23H2,1-7H3,(H,39,40,41)/t28-/m1/s1. The van der Waals surface area contributed by atoms with Gasteiger partial charge in [-0.1, -0.05) is 38.1 Å². The molecule has 1 N–H and O–H groups in total. The van der Waals surface area contributed by atoms with Crippen molar-refractivity contribution in [3.8, 4) is 17.1 Å². The summed E-state index contributed by atoms with van der Waals surface area (Å²) in [5.74, 6) is 0.143. The van der Waals surface area contributed by atoms with Gasteiger partial charge in [-0.2, -0.15) is 4.98 Å². The second-order valence-corrected chi connectivity index (χ2v) is 17.3. The Morgan fingerprint density at radius 3 is 2.34 bits per heavy atom. The number of amides is 2. The van der Waals surface area contributed by atoms with Crippen molar-refractivity contribution in [1.29, 1.82) is 0 Å². The van der Waals surface area contributed by atoms with Crippen LogP contribution in [0.4, 0.5) is 10.7 Å². The molecule has 1 aliphatic carbocycles. The molecule has 2 aromatic carbocycles. The Labute approximate surface area is 295 Å². The summed E-state index contributed by atoms with van der Waals surface area (Å²) in [6, 6.07) is 13.5. The number of hydrogen-bond donors (Lipinski definition) is 1. The molecule has 50 heavy (non-hydrogen) atoms. The van der Waals surface area contributed by atoms with E-state index in [1.165, 1.54) is 12.1 Å². The summed E-state index contributed by atoms with van der Waals surface area (Å²) in [5, 5.41) is 0. The van der Waals surface area contributed by atoms with Crippen LogP contribution in [0.25, 0.3) is 11.3 Å². The average molecular weight is 704 g/mol. The number of fused-ring (bicyclic) bond motifs is 4. The maximum Gasteiger partial charge on any atom is 0.410 e. The molecule has 2 amide bonds. The van der Waals surface area contributed by atoms with Crippen LogP contribution in [0.1, 0.15) is 88.2 Å². The molecule has 12 heteroatoms. The van der Waals surface area contributed by atoms with E-state index >= 15 is 0 Å². The highest BCUT2D eigenvalue weighted by Crippen LogP contribution is 2.52. The van der Waals surface area contributed by atoms with E-state index in [0.29, 0.717) is 30.8 Å². The van der Waals surface area contributed by atoms with E-state index in [1.54, 1.807) is 23.1 Å². The Hall–Kier alpha value is -4.19. The minimum Gasteiger partial charge on any atom is -0.475 e. The minimum absolute atomic E-state index is 0.0187. The Morgan fingerprint density at radius 2 is 1.70 bits per heavy atom. The maximum atomic E-state index is 14.6. The lowest BCUT2D eigenvalue weighted by Gasteiger charge is -2.56. The highest BCUT2D eigenvalue weighted by Gasteiger charge is 2.51. The van der Waals surface area contributed by atoms with Crippen LogP contribution in [-0.4, -0.2) is 77.6 Å². The molecule has 11 nitrogen and oxygen atoms in total. The Kier molecular flexibility index (Phi) is 9.62. The fourth-order valence-electron chi connectivity index (χ4n) is 7.67. The first kappa shape index (κ1) is 35.6. The van der Waals surface area contributed by atoms with Gasteiger partial charge in [0.15, 0.2) is 0 Å². The summed E-state index contributed by atoms with van der Waals surface area (Å²) in [6.45, 7) is 15.2. The van der Waals surface area contributed by atoms with Crippen molar-refractivity contribution in [2.24, 2.45) is 11.3 Å². The first-order valence-corrected chi connectivity index (χ1v) is 19.0. The van der Waals surface area contributed by atoms with E-state index in [2.05, 4.69) is 28.5 Å². The van der Waals surface area contributed by atoms with E-state index in [-0.39, 0.29) is 58.7 Å². The van der Waals surface area contributed by atoms with E-state index in [9.17, 15) is 18.0 Å². The highest BCUT2D eigenvalue weighted by molar-refractivity contribution is 7.92. The fraction of sp³-hybridized carbons (Fsp3) is 0.526. The lowest BCUT2D eigenvalue weighted by molar-refractivity contribution is -0.0555. The van der Waals surface area contributed by atoms with Gasteiger partial charge < -0.3 is 19.3 Å². The number of carbonyl (C=O) groups excluding carboxylic acids is 2. The molecule has 1 atom stereocenters. The molecular formula is C38H49N5O6S. The number of carbonyl (C=O) groups is 2. The van der Waals surface area contributed by atoms with Crippen LogP contribution in [0, 0.1) is 25.2 Å². The van der Waals surface area contributed by atoms with Crippen LogP contribution in [0.5, 0.6) is 5.88 Å². The molecule has 6 rings (SSSR count). The van der Waals surface area contributed by atoms with Gasteiger partial charge in [0.1, 0.15) is 12.2 Å². The smallest absolute Gasteiger partial charge is 0.410 e. The number of sulfonamides is 1. The van der Waals surface area contributed by atoms with Gasteiger partial charge in [0.2, 0.25) is 11.8 Å². The molecule has 1 saturated carbocycles. The molecule has 2 fully saturated rings. The molecule has 1 spiro atoms. The summed E-state index contributed by atoms with van der Waals surface area (Å²) in [5.41, 5.74) is 3.15. The Balaban J connectivity index is 1.34. The predicted octanol–water partition coefficient (Wildman–Crippen LogP) is 6.99. The Bertz CT molecular complexity index is 1850. The molecule has 3 aliphatic rings. The number of nitrogens with zero attached hydrogens (tertiary/aromatic N) is 4. The van der Waals surface area contributed by atoms with Gasteiger partial charge in [0, 0.05) is 36.3 Å². The first-order valence-electron chi connectivity index (χ1n) is 17.5. The molecule has 1 saturated heterocycles. The topological polar surface area (TPSA) is 131 Å². The van der Waals surface area contributed by atoms with Crippen molar-refractivity contribution < 1.29 is 27.5 Å². The quantitative estimate of drug-likeness (QED) is 0.308. The third kappa shape index (κ3) is 7.60. The Morgan fingerprint density at radius 1 is 1.04 bits per heavy atom. The minimum atomic E-state index is -4.15. The predicted molar refractivity (Wildman–Crippen MR) is 192 cm³/mol. The number of piperidine rings is 1. The van der Waals surface area contributed by atoms with Crippen LogP contribution in [0.15, 0.2) is 53.4 Å². The molecule has 268 valence electrons. The van der Waals surface area contributed by atoms with E-state index in [4.69, 9.17) is 9.47 Å². The summed E-state index contributed by atoms with van der Waals surface area (Å²) in [6.07, 6.45) is 3.65. The van der Waals surface area contributed by atoms with Crippen molar-refractivity contribution >= 4 is 28.0 Å². The van der Waals surface area contributed by atoms with Crippen LogP contribution < -0.4 is 9.46 Å². The number of ether oxygens (including phenoxy) is 2. The summed E-state index contributed by atoms with van der Waals surface area (Å²) in [7, 11) is -4.15. The van der Waals surface area contributed by atoms with Gasteiger partial charge >= 0.3 is 6.09 Å². The molecule has 1 aromatic heterocycles. The monoisotopic (exact) mass is 703 g/mol. The zero-order valence-electron chi connectivity index (χ0n) is 30.2. The number of anilines is 1. The third-order valence-electron chi connectivity index (χ3n) is 10.1. The molecule has 3 heterocycles. The van der Waals surface area contributed by atoms with Crippen LogP contribution in [-0.2, 0) is 14.8 Å². The van der Waals surface area contributed by atoms with Gasteiger partial charge in [-0.25, -0.2) is 22.9 Å². The van der Waals surface area contributed by atoms with Crippen molar-refractivity contribution in [3.05, 3.63) is 65.2 Å². The van der Waals surface area contributed by atoms with Gasteiger partial charge in [-0.3, -0.25) is 4.79 Å². The second-order valence-electron chi connectivity index (χ2n) is 15.7. The summed E-state index contributed by atoms with van der Waals surface area (Å²) < 4.78 is 42.0. The SMILES string of the molecule is Cc1cccc(C)c1-c1cc2nc(n1)NS(=O)(=O)c1cccc(c1)C(=O)N(C1CC3(CCN(C(=O)OC(C)(C)C)CC3)C1)[C@H](CC(C)C)CO2. The van der Waals surface area contributed by atoms with Crippen molar-refractivity contribution in [2.75, 3.05) is 24.4 Å². The van der Waals surface area contributed by atoms with Gasteiger partial charge in [0.05, 0.1) is 16.6 Å². The third-order valence-corrected chi connectivity index (χ3v) is 11.4. The van der Waals surface area contributed by atoms with Crippen molar-refractivity contribution in [3.63, 3.8) is 0 Å². The maximum absolute atomic E-state index is 14.6. The summed E-state index contributed by atoms with van der Waals surface area (Å²) in [4.78, 5) is 40.1. The number of benzene rings is 2. The molecule has 0 radical (unpaired) electrons. The van der Waals surface area contributed by atoms with E-state index < -0.39 is 15.6 Å². The molecule has 4 bridgehead atoms. The largest absolute Gasteiger partial charge is 0.475 e. The van der Waals surface area contributed by atoms with Gasteiger partial charge in [0.25, 0.3) is 15.9 Å². The van der Waals surface area contributed by atoms with Crippen LogP contribution in [0.3, 0.4) is 0 Å². The zero-order valence-corrected chi connectivity index (χ0v) is 31.0. The molecule has 0 unspecified atom stereocenters. The number of nitrogens with one attached hydrogen (secondary N) is 1. The zero-order chi connectivity index (χ0) is 36.0. The molecule has 2 aliphatic heterocycles. The average Bonchev–Trinajstić information content (AvgIpc) is 3.01. The van der Waals surface area contributed by atoms with Crippen LogP contribution in [0.2, 0.25) is 0 Å². The summed E-state index contributed by atoms with van der Waals surface area (Å²) >= 11 is 0. The lowest BCUT2D eigenvalue weighted by Crippen LogP contribution is -2.60. The van der Waals surface area contributed by atoms with Gasteiger partial charge in [-0.05, 0) is 107 Å². The van der Waals surface area contributed by atoms with E-state index in [1.807, 2.05) is 57.7 Å². The fourth-order valence-corrected chi connectivity index (χ4v) is 8.66. The van der Waals surface area contributed by atoms with Crippen LogP contribution >= 0.6 is 0 Å². The number of aromatic nitrogens is 2. The first-order chi connectivity index (χ1) is 23.5. The van der Waals surface area contributed by atoms with E-state index in [0.717, 1.165) is 42.4 Å². The highest BCUT2D eigenvalue weighted by atomic mass is 32.2. The number of hydrogen-bond acceptors (Lipinski definition) is 8. The second kappa shape index (κ2) is 13.5. The lowest BCUT2D eigenvalue weighted by atomic mass is 9.59. The van der Waals surface area contributed by atoms with Crippen molar-refractivity contribution in [1.82, 2.24) is 19.8 Å².